The molecule has 0 aromatic carbocycles. The molecular formula is C12H21N3. The van der Waals surface area contributed by atoms with Crippen molar-refractivity contribution in [3.63, 3.8) is 0 Å². The van der Waals surface area contributed by atoms with Crippen molar-refractivity contribution in [2.75, 3.05) is 17.2 Å². The minimum absolute atomic E-state index is 0.473. The summed E-state index contributed by atoms with van der Waals surface area (Å²) in [5, 5.41) is 0. The first-order valence-electron chi connectivity index (χ1n) is 5.56. The number of nitrogen functional groups attached to an aromatic ring is 1. The third kappa shape index (κ3) is 2.85. The highest BCUT2D eigenvalue weighted by atomic mass is 15.2. The van der Waals surface area contributed by atoms with Gasteiger partial charge >= 0.3 is 0 Å². The third-order valence-corrected chi connectivity index (χ3v) is 2.49. The smallest absolute Gasteiger partial charge is 0.129 e. The summed E-state index contributed by atoms with van der Waals surface area (Å²) in [6.45, 7) is 9.53. The summed E-state index contributed by atoms with van der Waals surface area (Å²) in [6.07, 6.45) is 1.13. The van der Waals surface area contributed by atoms with Gasteiger partial charge in [-0.1, -0.05) is 6.92 Å². The molecule has 15 heavy (non-hydrogen) atoms. The molecule has 3 nitrogen and oxygen atoms in total. The molecule has 0 unspecified atom stereocenters. The van der Waals surface area contributed by atoms with E-state index in [1.54, 1.807) is 0 Å². The molecule has 0 fully saturated rings. The summed E-state index contributed by atoms with van der Waals surface area (Å²) in [5.41, 5.74) is 7.43. The van der Waals surface area contributed by atoms with Crippen molar-refractivity contribution in [3.8, 4) is 0 Å². The fourth-order valence-electron chi connectivity index (χ4n) is 1.60. The Balaban J connectivity index is 2.95. The number of anilines is 2. The molecule has 0 aliphatic carbocycles. The van der Waals surface area contributed by atoms with Gasteiger partial charge in [0.2, 0.25) is 0 Å². The molecule has 1 aromatic rings. The maximum atomic E-state index is 5.76. The predicted molar refractivity (Wildman–Crippen MR) is 66.2 cm³/mol. The Labute approximate surface area is 92.3 Å². The van der Waals surface area contributed by atoms with Crippen LogP contribution >= 0.6 is 0 Å². The molecule has 0 atom stereocenters. The Hall–Kier alpha value is -1.25. The van der Waals surface area contributed by atoms with Crippen molar-refractivity contribution < 1.29 is 0 Å². The molecule has 0 aliphatic heterocycles. The summed E-state index contributed by atoms with van der Waals surface area (Å²) in [6, 6.07) is 4.40. The van der Waals surface area contributed by atoms with E-state index < -0.39 is 0 Å². The van der Waals surface area contributed by atoms with Gasteiger partial charge in [0.05, 0.1) is 11.4 Å². The van der Waals surface area contributed by atoms with Gasteiger partial charge in [-0.2, -0.15) is 0 Å². The average molecular weight is 207 g/mol. The fraction of sp³-hybridized carbons (Fsp3) is 0.583. The van der Waals surface area contributed by atoms with Crippen LogP contribution in [0.3, 0.4) is 0 Å². The van der Waals surface area contributed by atoms with Gasteiger partial charge in [-0.25, -0.2) is 4.98 Å². The van der Waals surface area contributed by atoms with Crippen LogP contribution in [0.5, 0.6) is 0 Å². The Morgan fingerprint density at radius 2 is 2.07 bits per heavy atom. The highest BCUT2D eigenvalue weighted by Gasteiger charge is 2.11. The molecule has 2 N–H and O–H groups in total. The van der Waals surface area contributed by atoms with E-state index in [0.29, 0.717) is 6.04 Å². The first kappa shape index (κ1) is 11.8. The molecule has 0 saturated heterocycles. The van der Waals surface area contributed by atoms with Gasteiger partial charge in [0, 0.05) is 12.6 Å². The molecule has 84 valence electrons. The first-order chi connectivity index (χ1) is 7.06. The standard InChI is InChI=1S/C12H21N3/c1-5-8-15(9(2)3)12-7-6-11(13)10(4)14-12/h6-7,9H,5,8,13H2,1-4H3. The number of rotatable bonds is 4. The molecule has 0 bridgehead atoms. The second-order valence-corrected chi connectivity index (χ2v) is 4.13. The van der Waals surface area contributed by atoms with Crippen molar-refractivity contribution >= 4 is 11.5 Å². The minimum Gasteiger partial charge on any atom is -0.397 e. The number of hydrogen-bond donors (Lipinski definition) is 1. The Kier molecular flexibility index (Phi) is 3.95. The lowest BCUT2D eigenvalue weighted by Gasteiger charge is -2.27. The minimum atomic E-state index is 0.473. The summed E-state index contributed by atoms with van der Waals surface area (Å²) >= 11 is 0. The molecule has 0 saturated carbocycles. The van der Waals surface area contributed by atoms with Crippen LogP contribution in [0.15, 0.2) is 12.1 Å². The molecule has 1 aromatic heterocycles. The predicted octanol–water partition coefficient (Wildman–Crippen LogP) is 2.60. The summed E-state index contributed by atoms with van der Waals surface area (Å²) in [7, 11) is 0. The number of pyridine rings is 1. The lowest BCUT2D eigenvalue weighted by atomic mass is 10.2. The fourth-order valence-corrected chi connectivity index (χ4v) is 1.60. The Bertz CT molecular complexity index is 321. The highest BCUT2D eigenvalue weighted by molar-refractivity contribution is 5.50. The monoisotopic (exact) mass is 207 g/mol. The molecule has 0 aliphatic rings. The van der Waals surface area contributed by atoms with E-state index in [9.17, 15) is 0 Å². The first-order valence-corrected chi connectivity index (χ1v) is 5.56. The second kappa shape index (κ2) is 5.01. The zero-order valence-corrected chi connectivity index (χ0v) is 10.1. The van der Waals surface area contributed by atoms with E-state index >= 15 is 0 Å². The molecule has 1 rings (SSSR count). The van der Waals surface area contributed by atoms with Gasteiger partial charge in [-0.3, -0.25) is 0 Å². The largest absolute Gasteiger partial charge is 0.397 e. The van der Waals surface area contributed by atoms with Crippen LogP contribution < -0.4 is 10.6 Å². The van der Waals surface area contributed by atoms with Gasteiger partial charge in [0.25, 0.3) is 0 Å². The van der Waals surface area contributed by atoms with Gasteiger partial charge in [-0.15, -0.1) is 0 Å². The zero-order valence-electron chi connectivity index (χ0n) is 10.1. The molecule has 1 heterocycles. The van der Waals surface area contributed by atoms with Crippen molar-refractivity contribution in [1.29, 1.82) is 0 Å². The van der Waals surface area contributed by atoms with Crippen LogP contribution in [0.1, 0.15) is 32.9 Å². The maximum Gasteiger partial charge on any atom is 0.129 e. The van der Waals surface area contributed by atoms with E-state index in [4.69, 9.17) is 5.73 Å². The van der Waals surface area contributed by atoms with E-state index in [0.717, 1.165) is 30.2 Å². The molecule has 0 radical (unpaired) electrons. The number of nitrogens with zero attached hydrogens (tertiary/aromatic N) is 2. The van der Waals surface area contributed by atoms with E-state index in [1.807, 2.05) is 19.1 Å². The second-order valence-electron chi connectivity index (χ2n) is 4.13. The van der Waals surface area contributed by atoms with Crippen molar-refractivity contribution in [2.45, 2.75) is 40.2 Å². The quantitative estimate of drug-likeness (QED) is 0.825. The summed E-state index contributed by atoms with van der Waals surface area (Å²) < 4.78 is 0. The topological polar surface area (TPSA) is 42.1 Å². The van der Waals surface area contributed by atoms with Crippen LogP contribution in [0.25, 0.3) is 0 Å². The van der Waals surface area contributed by atoms with Crippen LogP contribution in [-0.2, 0) is 0 Å². The number of hydrogen-bond acceptors (Lipinski definition) is 3. The van der Waals surface area contributed by atoms with Crippen LogP contribution in [-0.4, -0.2) is 17.6 Å². The Morgan fingerprint density at radius 3 is 2.53 bits per heavy atom. The molecule has 3 heteroatoms. The molecule has 0 amide bonds. The summed E-state index contributed by atoms with van der Waals surface area (Å²) in [4.78, 5) is 6.81. The number of nitrogens with two attached hydrogens (primary N) is 1. The zero-order chi connectivity index (χ0) is 11.4. The lowest BCUT2D eigenvalue weighted by Crippen LogP contribution is -2.32. The van der Waals surface area contributed by atoms with Gasteiger partial charge in [-0.05, 0) is 39.3 Å². The van der Waals surface area contributed by atoms with E-state index in [1.165, 1.54) is 0 Å². The number of aromatic nitrogens is 1. The highest BCUT2D eigenvalue weighted by Crippen LogP contribution is 2.18. The van der Waals surface area contributed by atoms with Crippen molar-refractivity contribution in [2.24, 2.45) is 0 Å². The van der Waals surface area contributed by atoms with Crippen LogP contribution in [0, 0.1) is 6.92 Å². The molecule has 0 spiro atoms. The average Bonchev–Trinajstić information content (AvgIpc) is 2.18. The molecular weight excluding hydrogens is 186 g/mol. The van der Waals surface area contributed by atoms with Gasteiger partial charge in [0.15, 0.2) is 0 Å². The summed E-state index contributed by atoms with van der Waals surface area (Å²) in [5.74, 6) is 1.03. The Morgan fingerprint density at radius 1 is 1.40 bits per heavy atom. The maximum absolute atomic E-state index is 5.76. The van der Waals surface area contributed by atoms with E-state index in [2.05, 4.69) is 30.7 Å². The van der Waals surface area contributed by atoms with Crippen LogP contribution in [0.2, 0.25) is 0 Å². The SMILES string of the molecule is CCCN(c1ccc(N)c(C)n1)C(C)C. The third-order valence-electron chi connectivity index (χ3n) is 2.49. The normalized spacial score (nSPS) is 10.7. The van der Waals surface area contributed by atoms with Gasteiger partial charge in [0.1, 0.15) is 5.82 Å². The lowest BCUT2D eigenvalue weighted by molar-refractivity contribution is 0.661. The van der Waals surface area contributed by atoms with Crippen molar-refractivity contribution in [1.82, 2.24) is 4.98 Å². The van der Waals surface area contributed by atoms with Gasteiger partial charge < -0.3 is 10.6 Å². The van der Waals surface area contributed by atoms with E-state index in [-0.39, 0.29) is 0 Å². The number of aryl methyl sites for hydroxylation is 1. The van der Waals surface area contributed by atoms with Crippen molar-refractivity contribution in [3.05, 3.63) is 17.8 Å². The van der Waals surface area contributed by atoms with Crippen LogP contribution in [0.4, 0.5) is 11.5 Å².